The highest BCUT2D eigenvalue weighted by atomic mass is 16.5. The maximum Gasteiger partial charge on any atom is 0.308 e. The quantitative estimate of drug-likeness (QED) is 0.0690. The largest absolute Gasteiger partial charge is 0.469 e. The van der Waals surface area contributed by atoms with Gasteiger partial charge in [0.05, 0.1) is 25.7 Å². The van der Waals surface area contributed by atoms with Crippen molar-refractivity contribution >= 4 is 17.9 Å². The van der Waals surface area contributed by atoms with E-state index < -0.39 is 0 Å². The predicted molar refractivity (Wildman–Crippen MR) is 147 cm³/mol. The van der Waals surface area contributed by atoms with Crippen LogP contribution in [0.5, 0.6) is 0 Å². The normalized spacial score (nSPS) is 13.5. The van der Waals surface area contributed by atoms with E-state index in [9.17, 15) is 14.4 Å². The summed E-state index contributed by atoms with van der Waals surface area (Å²) in [6, 6.07) is 0. The Morgan fingerprint density at radius 3 is 1.32 bits per heavy atom. The van der Waals surface area contributed by atoms with Crippen LogP contribution < -0.4 is 0 Å². The second-order valence-corrected chi connectivity index (χ2v) is 10.4. The molecule has 0 saturated carbocycles. The molecule has 0 radical (unpaired) electrons. The summed E-state index contributed by atoms with van der Waals surface area (Å²) in [5.41, 5.74) is 0. The Morgan fingerprint density at radius 2 is 0.919 bits per heavy atom. The van der Waals surface area contributed by atoms with Crippen LogP contribution in [0.25, 0.3) is 0 Å². The molecule has 0 amide bonds. The lowest BCUT2D eigenvalue weighted by Gasteiger charge is -2.17. The first-order chi connectivity index (χ1) is 17.8. The third-order valence-electron chi connectivity index (χ3n) is 6.84. The molecule has 0 saturated heterocycles. The molecular formula is C30H56O7. The summed E-state index contributed by atoms with van der Waals surface area (Å²) in [6.45, 7) is 4.87. The van der Waals surface area contributed by atoms with Crippen LogP contribution in [-0.2, 0) is 33.3 Å². The van der Waals surface area contributed by atoms with Crippen molar-refractivity contribution in [3.8, 4) is 0 Å². The van der Waals surface area contributed by atoms with Crippen molar-refractivity contribution in [3.05, 3.63) is 0 Å². The van der Waals surface area contributed by atoms with Crippen LogP contribution in [0.2, 0.25) is 0 Å². The summed E-state index contributed by atoms with van der Waals surface area (Å²) in [5.74, 6) is -0.611. The van der Waals surface area contributed by atoms with Crippen molar-refractivity contribution in [3.63, 3.8) is 0 Å². The maximum absolute atomic E-state index is 11.5. The molecule has 0 aromatic heterocycles. The standard InChI is InChI=1S/C30H56O7/c1-25(36-26(2)31)20-16-15-19-22-28(37-27(3)32)21-17-13-11-9-7-6-8-10-12-14-18-23-29(34-4)24-30(33)35-5/h25,28-29H,6-24H2,1-5H3. The zero-order valence-electron chi connectivity index (χ0n) is 24.5. The van der Waals surface area contributed by atoms with Crippen LogP contribution in [0.15, 0.2) is 0 Å². The SMILES string of the molecule is COC(=O)CC(CCCCCCCCCCCCCC(CCCCCC(C)OC(C)=O)OC(C)=O)OC. The van der Waals surface area contributed by atoms with Crippen LogP contribution in [0.1, 0.15) is 143 Å². The molecule has 0 aliphatic rings. The van der Waals surface area contributed by atoms with Gasteiger partial charge < -0.3 is 18.9 Å². The monoisotopic (exact) mass is 528 g/mol. The molecule has 7 nitrogen and oxygen atoms in total. The Labute approximate surface area is 226 Å². The molecule has 218 valence electrons. The van der Waals surface area contributed by atoms with Crippen molar-refractivity contribution < 1.29 is 33.3 Å². The topological polar surface area (TPSA) is 88.1 Å². The molecule has 0 aromatic rings. The van der Waals surface area contributed by atoms with Gasteiger partial charge in [-0.05, 0) is 51.9 Å². The third-order valence-corrected chi connectivity index (χ3v) is 6.84. The number of carbonyl (C=O) groups excluding carboxylic acids is 3. The van der Waals surface area contributed by atoms with E-state index in [1.165, 1.54) is 78.7 Å². The van der Waals surface area contributed by atoms with Crippen LogP contribution in [0, 0.1) is 0 Å². The van der Waals surface area contributed by atoms with Crippen LogP contribution >= 0.6 is 0 Å². The van der Waals surface area contributed by atoms with E-state index in [1.807, 2.05) is 6.92 Å². The predicted octanol–water partition coefficient (Wildman–Crippen LogP) is 7.47. The van der Waals surface area contributed by atoms with Gasteiger partial charge in [0.1, 0.15) is 6.10 Å². The minimum atomic E-state index is -0.222. The van der Waals surface area contributed by atoms with Gasteiger partial charge in [-0.2, -0.15) is 0 Å². The Balaban J connectivity index is 3.67. The third kappa shape index (κ3) is 24.5. The van der Waals surface area contributed by atoms with Gasteiger partial charge in [0.25, 0.3) is 0 Å². The second kappa shape index (κ2) is 24.7. The molecule has 0 aliphatic carbocycles. The minimum absolute atomic E-state index is 0.0226. The van der Waals surface area contributed by atoms with E-state index in [0.717, 1.165) is 57.8 Å². The fourth-order valence-corrected chi connectivity index (χ4v) is 4.73. The average molecular weight is 529 g/mol. The molecule has 0 aromatic carbocycles. The van der Waals surface area contributed by atoms with E-state index in [-0.39, 0.29) is 36.2 Å². The van der Waals surface area contributed by atoms with Crippen LogP contribution in [0.4, 0.5) is 0 Å². The summed E-state index contributed by atoms with van der Waals surface area (Å²) < 4.78 is 20.8. The highest BCUT2D eigenvalue weighted by molar-refractivity contribution is 5.69. The van der Waals surface area contributed by atoms with Gasteiger partial charge in [0.2, 0.25) is 0 Å². The Bertz CT molecular complexity index is 578. The lowest BCUT2D eigenvalue weighted by Crippen LogP contribution is -2.17. The Kier molecular flexibility index (Phi) is 23.6. The highest BCUT2D eigenvalue weighted by Gasteiger charge is 2.13. The summed E-state index contributed by atoms with van der Waals surface area (Å²) in [4.78, 5) is 33.8. The van der Waals surface area contributed by atoms with Gasteiger partial charge in [-0.3, -0.25) is 14.4 Å². The van der Waals surface area contributed by atoms with Crippen LogP contribution in [0.3, 0.4) is 0 Å². The zero-order valence-corrected chi connectivity index (χ0v) is 24.5. The number of hydrogen-bond donors (Lipinski definition) is 0. The van der Waals surface area contributed by atoms with E-state index in [2.05, 4.69) is 0 Å². The molecule has 3 unspecified atom stereocenters. The van der Waals surface area contributed by atoms with Gasteiger partial charge in [-0.1, -0.05) is 70.6 Å². The van der Waals surface area contributed by atoms with Crippen molar-refractivity contribution in [1.29, 1.82) is 0 Å². The molecular weight excluding hydrogens is 472 g/mol. The average Bonchev–Trinajstić information content (AvgIpc) is 2.84. The fraction of sp³-hybridized carbons (Fsp3) is 0.900. The lowest BCUT2D eigenvalue weighted by molar-refractivity contribution is -0.147. The number of carbonyl (C=O) groups is 3. The number of hydrogen-bond acceptors (Lipinski definition) is 7. The number of rotatable bonds is 25. The molecule has 0 heterocycles. The molecule has 0 fully saturated rings. The van der Waals surface area contributed by atoms with Gasteiger partial charge >= 0.3 is 17.9 Å². The number of unbranched alkanes of at least 4 members (excludes halogenated alkanes) is 12. The van der Waals surface area contributed by atoms with E-state index in [4.69, 9.17) is 18.9 Å². The summed E-state index contributed by atoms with van der Waals surface area (Å²) >= 11 is 0. The highest BCUT2D eigenvalue weighted by Crippen LogP contribution is 2.18. The number of esters is 3. The molecule has 0 N–H and O–H groups in total. The summed E-state index contributed by atoms with van der Waals surface area (Å²) in [6.07, 6.45) is 20.7. The minimum Gasteiger partial charge on any atom is -0.469 e. The van der Waals surface area contributed by atoms with E-state index in [0.29, 0.717) is 6.42 Å². The number of ether oxygens (including phenoxy) is 4. The molecule has 0 bridgehead atoms. The lowest BCUT2D eigenvalue weighted by atomic mass is 10.0. The summed E-state index contributed by atoms with van der Waals surface area (Å²) in [7, 11) is 3.08. The van der Waals surface area contributed by atoms with Gasteiger partial charge in [0.15, 0.2) is 0 Å². The maximum atomic E-state index is 11.5. The molecule has 0 aliphatic heterocycles. The molecule has 7 heteroatoms. The van der Waals surface area contributed by atoms with Gasteiger partial charge in [-0.15, -0.1) is 0 Å². The van der Waals surface area contributed by atoms with Crippen molar-refractivity contribution in [1.82, 2.24) is 0 Å². The second-order valence-electron chi connectivity index (χ2n) is 10.4. The number of methoxy groups -OCH3 is 2. The van der Waals surface area contributed by atoms with Crippen LogP contribution in [-0.4, -0.2) is 50.4 Å². The molecule has 3 atom stereocenters. The van der Waals surface area contributed by atoms with E-state index >= 15 is 0 Å². The Morgan fingerprint density at radius 1 is 0.541 bits per heavy atom. The first kappa shape index (κ1) is 35.4. The Hall–Kier alpha value is -1.63. The van der Waals surface area contributed by atoms with Crippen molar-refractivity contribution in [2.45, 2.75) is 161 Å². The fourth-order valence-electron chi connectivity index (χ4n) is 4.73. The van der Waals surface area contributed by atoms with Crippen molar-refractivity contribution in [2.75, 3.05) is 14.2 Å². The first-order valence-electron chi connectivity index (χ1n) is 14.7. The van der Waals surface area contributed by atoms with Crippen molar-refractivity contribution in [2.24, 2.45) is 0 Å². The smallest absolute Gasteiger partial charge is 0.308 e. The molecule has 0 rings (SSSR count). The molecule has 0 spiro atoms. The zero-order chi connectivity index (χ0) is 27.7. The van der Waals surface area contributed by atoms with Gasteiger partial charge in [-0.25, -0.2) is 0 Å². The van der Waals surface area contributed by atoms with Gasteiger partial charge in [0, 0.05) is 21.0 Å². The first-order valence-corrected chi connectivity index (χ1v) is 14.7. The summed E-state index contributed by atoms with van der Waals surface area (Å²) in [5, 5.41) is 0. The van der Waals surface area contributed by atoms with E-state index in [1.54, 1.807) is 7.11 Å². The molecule has 37 heavy (non-hydrogen) atoms.